The molecule has 0 radical (unpaired) electrons. The van der Waals surface area contributed by atoms with Gasteiger partial charge >= 0.3 is 0 Å². The molecule has 13 aromatic carbocycles. The fraction of sp³-hybridized carbons (Fsp3) is 0. The molecule has 3 heterocycles. The lowest BCUT2D eigenvalue weighted by atomic mass is 9.94. The van der Waals surface area contributed by atoms with Crippen LogP contribution in [0.15, 0.2) is 297 Å². The molecule has 0 atom stereocenters. The first-order chi connectivity index (χ1) is 40.1. The molecular weight excluding hydrogens is 983 g/mol. The Morgan fingerprint density at radius 3 is 1.32 bits per heavy atom. The van der Waals surface area contributed by atoms with E-state index in [0.717, 1.165) is 67.6 Å². The summed E-state index contributed by atoms with van der Waals surface area (Å²) in [7, 11) is 0. The zero-order valence-electron chi connectivity index (χ0n) is 44.0. The molecule has 0 unspecified atom stereocenters. The highest BCUT2D eigenvalue weighted by Crippen LogP contribution is 2.38. The molecule has 0 saturated heterocycles. The van der Waals surface area contributed by atoms with Gasteiger partial charge in [0, 0.05) is 27.9 Å². The van der Waals surface area contributed by atoms with Crippen LogP contribution in [0.1, 0.15) is 0 Å². The van der Waals surface area contributed by atoms with Crippen LogP contribution in [0.2, 0.25) is 0 Å². The fourth-order valence-electron chi connectivity index (χ4n) is 11.6. The Morgan fingerprint density at radius 1 is 0.222 bits per heavy atom. The number of aromatic nitrogens is 5. The number of nitrogens with zero attached hydrogens (tertiary/aromatic N) is 5. The zero-order valence-corrected chi connectivity index (χ0v) is 44.0. The van der Waals surface area contributed by atoms with Crippen molar-refractivity contribution in [3.63, 3.8) is 0 Å². The molecule has 5 heteroatoms. The standard InChI is InChI=1S/C39H25N3.C37H24N2/c1-3-11-28(12-4-1)35-16-9-17-36(40-35)38-25-37(29-13-5-2-6-14-29)41-39(42-38)30-19-18-27-21-22-32-31-15-8-7-10-26(31)20-23-33(32)34(27)24-30;1-2-9-30(10-3-1)39-36-13-7-6-12-35(36)38-37(39)28-17-14-25(15-18-28)29-19-16-27-21-22-32-31-11-5-4-8-26(31)20-23-33(32)34(27)24-29/h1-25H;1-24H. The van der Waals surface area contributed by atoms with Crippen LogP contribution in [0.4, 0.5) is 0 Å². The van der Waals surface area contributed by atoms with Crippen molar-refractivity contribution in [3.8, 4) is 73.5 Å². The van der Waals surface area contributed by atoms with Gasteiger partial charge in [-0.2, -0.15) is 0 Å². The van der Waals surface area contributed by atoms with Crippen molar-refractivity contribution in [2.24, 2.45) is 0 Å². The van der Waals surface area contributed by atoms with Crippen LogP contribution in [0.25, 0.3) is 149 Å². The quantitative estimate of drug-likeness (QED) is 0.149. The van der Waals surface area contributed by atoms with Crippen LogP contribution >= 0.6 is 0 Å². The van der Waals surface area contributed by atoms with Crippen LogP contribution in [0.3, 0.4) is 0 Å². The van der Waals surface area contributed by atoms with Crippen LogP contribution in [-0.4, -0.2) is 24.5 Å². The monoisotopic (exact) mass is 1030 g/mol. The summed E-state index contributed by atoms with van der Waals surface area (Å²) >= 11 is 0. The first kappa shape index (κ1) is 47.3. The maximum absolute atomic E-state index is 5.10. The van der Waals surface area contributed by atoms with Crippen molar-refractivity contribution in [2.75, 3.05) is 0 Å². The molecule has 81 heavy (non-hydrogen) atoms. The molecule has 5 nitrogen and oxygen atoms in total. The van der Waals surface area contributed by atoms with Gasteiger partial charge in [0.05, 0.1) is 33.8 Å². The predicted octanol–water partition coefficient (Wildman–Crippen LogP) is 19.8. The molecular formula is C76H49N5. The zero-order chi connectivity index (χ0) is 53.6. The average molecular weight is 1030 g/mol. The van der Waals surface area contributed by atoms with Crippen LogP contribution in [0.5, 0.6) is 0 Å². The summed E-state index contributed by atoms with van der Waals surface area (Å²) in [6.07, 6.45) is 0. The van der Waals surface area contributed by atoms with Gasteiger partial charge in [0.15, 0.2) is 5.82 Å². The molecule has 0 bridgehead atoms. The fourth-order valence-corrected chi connectivity index (χ4v) is 11.6. The molecule has 378 valence electrons. The number of para-hydroxylation sites is 3. The van der Waals surface area contributed by atoms with E-state index >= 15 is 0 Å². The lowest BCUT2D eigenvalue weighted by Crippen LogP contribution is -1.97. The van der Waals surface area contributed by atoms with E-state index in [-0.39, 0.29) is 0 Å². The topological polar surface area (TPSA) is 56.5 Å². The summed E-state index contributed by atoms with van der Waals surface area (Å²) in [4.78, 5) is 20.2. The minimum atomic E-state index is 0.679. The molecule has 0 aliphatic heterocycles. The van der Waals surface area contributed by atoms with Crippen LogP contribution in [0, 0.1) is 0 Å². The molecule has 0 fully saturated rings. The van der Waals surface area contributed by atoms with E-state index < -0.39 is 0 Å². The first-order valence-corrected chi connectivity index (χ1v) is 27.4. The van der Waals surface area contributed by atoms with Gasteiger partial charge in [-0.15, -0.1) is 0 Å². The van der Waals surface area contributed by atoms with Crippen molar-refractivity contribution >= 4 is 75.7 Å². The third-order valence-electron chi connectivity index (χ3n) is 15.7. The summed E-state index contributed by atoms with van der Waals surface area (Å²) in [5.41, 5.74) is 13.2. The Bertz CT molecular complexity index is 5030. The van der Waals surface area contributed by atoms with Crippen molar-refractivity contribution in [3.05, 3.63) is 297 Å². The Morgan fingerprint density at radius 2 is 0.679 bits per heavy atom. The van der Waals surface area contributed by atoms with Gasteiger partial charge < -0.3 is 0 Å². The number of imidazole rings is 1. The minimum Gasteiger partial charge on any atom is -0.292 e. The van der Waals surface area contributed by atoms with Gasteiger partial charge in [0.2, 0.25) is 0 Å². The SMILES string of the molecule is c1ccc(-c2cccc(-c3cc(-c4ccccc4)nc(-c4ccc5ccc6c7ccccc7ccc6c5c4)n3)n2)cc1.c1ccc(-n2c(-c3ccc(-c4ccc5ccc6c7ccccc7ccc6c5c4)cc3)nc3ccccc32)cc1. The third-order valence-corrected chi connectivity index (χ3v) is 15.7. The maximum Gasteiger partial charge on any atom is 0.160 e. The Balaban J connectivity index is 0.000000140. The predicted molar refractivity (Wildman–Crippen MR) is 339 cm³/mol. The largest absolute Gasteiger partial charge is 0.292 e. The number of pyridine rings is 1. The molecule has 0 N–H and O–H groups in total. The van der Waals surface area contributed by atoms with Crippen LogP contribution < -0.4 is 0 Å². The normalized spacial score (nSPS) is 11.5. The molecule has 0 amide bonds. The highest BCUT2D eigenvalue weighted by Gasteiger charge is 2.17. The molecule has 0 aliphatic carbocycles. The summed E-state index contributed by atoms with van der Waals surface area (Å²) in [5, 5.41) is 15.1. The van der Waals surface area contributed by atoms with E-state index in [1.807, 2.05) is 72.8 Å². The summed E-state index contributed by atoms with van der Waals surface area (Å²) < 4.78 is 2.25. The third kappa shape index (κ3) is 8.80. The first-order valence-electron chi connectivity index (χ1n) is 27.4. The second-order valence-electron chi connectivity index (χ2n) is 20.5. The van der Waals surface area contributed by atoms with E-state index in [0.29, 0.717) is 5.82 Å². The Hall–Kier alpha value is -10.9. The van der Waals surface area contributed by atoms with E-state index in [9.17, 15) is 0 Å². The lowest BCUT2D eigenvalue weighted by molar-refractivity contribution is 1.10. The number of benzene rings is 13. The van der Waals surface area contributed by atoms with Crippen molar-refractivity contribution in [2.45, 2.75) is 0 Å². The van der Waals surface area contributed by atoms with Crippen LogP contribution in [-0.2, 0) is 0 Å². The second-order valence-corrected chi connectivity index (χ2v) is 20.5. The smallest absolute Gasteiger partial charge is 0.160 e. The van der Waals surface area contributed by atoms with E-state index in [1.54, 1.807) is 0 Å². The van der Waals surface area contributed by atoms with Crippen molar-refractivity contribution < 1.29 is 0 Å². The van der Waals surface area contributed by atoms with Crippen molar-refractivity contribution in [1.82, 2.24) is 24.5 Å². The molecule has 16 rings (SSSR count). The van der Waals surface area contributed by atoms with Gasteiger partial charge in [-0.3, -0.25) is 4.57 Å². The summed E-state index contributed by atoms with van der Waals surface area (Å²) in [6, 6.07) is 105. The highest BCUT2D eigenvalue weighted by molar-refractivity contribution is 6.19. The Kier molecular flexibility index (Phi) is 11.8. The molecule has 0 spiro atoms. The van der Waals surface area contributed by atoms with Gasteiger partial charge in [0.25, 0.3) is 0 Å². The molecule has 16 aromatic rings. The van der Waals surface area contributed by atoms with Gasteiger partial charge in [-0.05, 0) is 130 Å². The number of hydrogen-bond donors (Lipinski definition) is 0. The summed E-state index contributed by atoms with van der Waals surface area (Å²) in [5.74, 6) is 1.63. The van der Waals surface area contributed by atoms with Gasteiger partial charge in [-0.25, -0.2) is 19.9 Å². The summed E-state index contributed by atoms with van der Waals surface area (Å²) in [6.45, 7) is 0. The molecule has 0 saturated carbocycles. The molecule has 3 aromatic heterocycles. The van der Waals surface area contributed by atoms with E-state index in [4.69, 9.17) is 19.9 Å². The Labute approximate surface area is 468 Å². The van der Waals surface area contributed by atoms with E-state index in [1.165, 1.54) is 75.8 Å². The lowest BCUT2D eigenvalue weighted by Gasteiger charge is -2.12. The second kappa shape index (κ2) is 20.2. The number of hydrogen-bond acceptors (Lipinski definition) is 4. The van der Waals surface area contributed by atoms with Crippen molar-refractivity contribution in [1.29, 1.82) is 0 Å². The number of fused-ring (bicyclic) bond motifs is 11. The van der Waals surface area contributed by atoms with E-state index in [2.05, 4.69) is 229 Å². The molecule has 0 aliphatic rings. The highest BCUT2D eigenvalue weighted by atomic mass is 15.1. The average Bonchev–Trinajstić information content (AvgIpc) is 4.11. The van der Waals surface area contributed by atoms with Gasteiger partial charge in [0.1, 0.15) is 5.82 Å². The maximum atomic E-state index is 5.10. The van der Waals surface area contributed by atoms with Gasteiger partial charge in [-0.1, -0.05) is 243 Å². The minimum absolute atomic E-state index is 0.679. The number of rotatable bonds is 7.